The molecule has 0 bridgehead atoms. The van der Waals surface area contributed by atoms with Crippen LogP contribution in [-0.2, 0) is 13.2 Å². The van der Waals surface area contributed by atoms with Crippen LogP contribution in [0.5, 0.6) is 0 Å². The van der Waals surface area contributed by atoms with E-state index in [2.05, 4.69) is 4.98 Å². The van der Waals surface area contributed by atoms with Crippen LogP contribution in [0.15, 0.2) is 46.1 Å². The molecule has 1 saturated heterocycles. The van der Waals surface area contributed by atoms with E-state index in [1.165, 1.54) is 34.5 Å². The number of aromatic nitrogens is 3. The number of pyridine rings is 1. The summed E-state index contributed by atoms with van der Waals surface area (Å²) in [5.41, 5.74) is -1.12. The third kappa shape index (κ3) is 4.58. The van der Waals surface area contributed by atoms with Gasteiger partial charge in [-0.2, -0.15) is 13.2 Å². The maximum atomic E-state index is 12.7. The van der Waals surface area contributed by atoms with Crippen LogP contribution in [0.2, 0.25) is 5.02 Å². The molecule has 11 heteroatoms. The number of alkyl halides is 3. The Balaban J connectivity index is 1.49. The van der Waals surface area contributed by atoms with E-state index in [0.717, 1.165) is 12.1 Å². The lowest BCUT2D eigenvalue weighted by molar-refractivity contribution is -0.137. The monoisotopic (exact) mass is 480 g/mol. The number of nitrogens with zero attached hydrogens (tertiary/aromatic N) is 4. The van der Waals surface area contributed by atoms with Crippen LogP contribution >= 0.6 is 11.6 Å². The first-order valence-corrected chi connectivity index (χ1v) is 10.6. The van der Waals surface area contributed by atoms with Gasteiger partial charge in [-0.3, -0.25) is 23.9 Å². The van der Waals surface area contributed by atoms with Gasteiger partial charge in [0.25, 0.3) is 0 Å². The summed E-state index contributed by atoms with van der Waals surface area (Å²) < 4.78 is 40.8. The number of piperidine rings is 1. The predicted molar refractivity (Wildman–Crippen MR) is 117 cm³/mol. The minimum Gasteiger partial charge on any atom is -0.304 e. The third-order valence-corrected chi connectivity index (χ3v) is 6.14. The molecule has 1 fully saturated rings. The SMILES string of the molecule is Cn1c(=O)c(=O)n(C2CCN(CC(=O)c3ccc(C(F)(F)F)cc3)CC2)c2ncc(Cl)cc21. The van der Waals surface area contributed by atoms with E-state index in [9.17, 15) is 27.6 Å². The Morgan fingerprint density at radius 1 is 1.12 bits per heavy atom. The van der Waals surface area contributed by atoms with Gasteiger partial charge in [0, 0.05) is 37.9 Å². The molecular weight excluding hydrogens is 461 g/mol. The van der Waals surface area contributed by atoms with Gasteiger partial charge in [-0.25, -0.2) is 4.98 Å². The second-order valence-corrected chi connectivity index (χ2v) is 8.48. The van der Waals surface area contributed by atoms with Crippen molar-refractivity contribution in [3.8, 4) is 0 Å². The van der Waals surface area contributed by atoms with Gasteiger partial charge in [0.1, 0.15) is 0 Å². The largest absolute Gasteiger partial charge is 0.416 e. The summed E-state index contributed by atoms with van der Waals surface area (Å²) in [4.78, 5) is 43.9. The Morgan fingerprint density at radius 3 is 2.36 bits per heavy atom. The Labute approximate surface area is 191 Å². The number of Topliss-reactive ketones (excluding diaryl/α,β-unsaturated/α-hetero) is 1. The fraction of sp³-hybridized carbons (Fsp3) is 0.364. The summed E-state index contributed by atoms with van der Waals surface area (Å²) in [5, 5.41) is 0.347. The van der Waals surface area contributed by atoms with Gasteiger partial charge in [-0.15, -0.1) is 0 Å². The molecule has 33 heavy (non-hydrogen) atoms. The number of fused-ring (bicyclic) bond motifs is 1. The van der Waals surface area contributed by atoms with Crippen LogP contribution in [0.4, 0.5) is 13.2 Å². The van der Waals surface area contributed by atoms with Crippen molar-refractivity contribution < 1.29 is 18.0 Å². The second kappa shape index (κ2) is 8.75. The fourth-order valence-electron chi connectivity index (χ4n) is 4.12. The van der Waals surface area contributed by atoms with Crippen LogP contribution in [0, 0.1) is 0 Å². The topological polar surface area (TPSA) is 77.2 Å². The molecule has 3 aromatic rings. The van der Waals surface area contributed by atoms with Crippen molar-refractivity contribution in [1.29, 1.82) is 0 Å². The number of carbonyl (C=O) groups is 1. The van der Waals surface area contributed by atoms with Crippen LogP contribution in [0.1, 0.15) is 34.8 Å². The summed E-state index contributed by atoms with van der Waals surface area (Å²) in [6.07, 6.45) is -2.02. The highest BCUT2D eigenvalue weighted by Gasteiger charge is 2.30. The smallest absolute Gasteiger partial charge is 0.304 e. The summed E-state index contributed by atoms with van der Waals surface area (Å²) >= 11 is 6.01. The molecule has 7 nitrogen and oxygen atoms in total. The first-order valence-electron chi connectivity index (χ1n) is 10.3. The van der Waals surface area contributed by atoms with E-state index in [0.29, 0.717) is 42.1 Å². The predicted octanol–water partition coefficient (Wildman–Crippen LogP) is 3.29. The lowest BCUT2D eigenvalue weighted by atomic mass is 10.0. The van der Waals surface area contributed by atoms with E-state index >= 15 is 0 Å². The minimum atomic E-state index is -4.45. The van der Waals surface area contributed by atoms with Crippen LogP contribution < -0.4 is 11.1 Å². The van der Waals surface area contributed by atoms with Gasteiger partial charge < -0.3 is 4.57 Å². The van der Waals surface area contributed by atoms with E-state index in [-0.39, 0.29) is 23.9 Å². The number of halogens is 4. The van der Waals surface area contributed by atoms with Crippen LogP contribution in [-0.4, -0.2) is 44.4 Å². The van der Waals surface area contributed by atoms with E-state index in [4.69, 9.17) is 11.6 Å². The Morgan fingerprint density at radius 2 is 1.76 bits per heavy atom. The molecule has 0 N–H and O–H groups in total. The van der Waals surface area contributed by atoms with Crippen molar-refractivity contribution in [3.63, 3.8) is 0 Å². The molecule has 1 aromatic carbocycles. The zero-order valence-electron chi connectivity index (χ0n) is 17.6. The molecule has 0 spiro atoms. The Kier molecular flexibility index (Phi) is 6.15. The lowest BCUT2D eigenvalue weighted by Crippen LogP contribution is -2.45. The van der Waals surface area contributed by atoms with Crippen molar-refractivity contribution in [2.45, 2.75) is 25.1 Å². The molecule has 0 saturated carbocycles. The number of benzene rings is 1. The van der Waals surface area contributed by atoms with Gasteiger partial charge in [-0.05, 0) is 31.0 Å². The summed E-state index contributed by atoms with van der Waals surface area (Å²) in [6.45, 7) is 1.01. The quantitative estimate of drug-likeness (QED) is 0.423. The van der Waals surface area contributed by atoms with Gasteiger partial charge in [-0.1, -0.05) is 23.7 Å². The number of hydrogen-bond acceptors (Lipinski definition) is 5. The van der Waals surface area contributed by atoms with Gasteiger partial charge in [0.15, 0.2) is 11.4 Å². The highest BCUT2D eigenvalue weighted by Crippen LogP contribution is 2.29. The molecule has 3 heterocycles. The molecule has 0 radical (unpaired) electrons. The molecule has 1 aliphatic heterocycles. The van der Waals surface area contributed by atoms with Crippen molar-refractivity contribution >= 4 is 28.5 Å². The number of carbonyl (C=O) groups excluding carboxylic acids is 1. The third-order valence-electron chi connectivity index (χ3n) is 5.93. The number of aryl methyl sites for hydroxylation is 1. The second-order valence-electron chi connectivity index (χ2n) is 8.04. The zero-order chi connectivity index (χ0) is 23.9. The molecule has 2 aromatic heterocycles. The van der Waals surface area contributed by atoms with E-state index < -0.39 is 22.9 Å². The van der Waals surface area contributed by atoms with Crippen LogP contribution in [0.3, 0.4) is 0 Å². The lowest BCUT2D eigenvalue weighted by Gasteiger charge is -2.32. The highest BCUT2D eigenvalue weighted by molar-refractivity contribution is 6.31. The van der Waals surface area contributed by atoms with E-state index in [1.54, 1.807) is 6.07 Å². The summed E-state index contributed by atoms with van der Waals surface area (Å²) in [5.74, 6) is -0.283. The van der Waals surface area contributed by atoms with E-state index in [1.807, 2.05) is 4.90 Å². The van der Waals surface area contributed by atoms with Crippen molar-refractivity contribution in [1.82, 2.24) is 19.0 Å². The molecule has 0 unspecified atom stereocenters. The average molecular weight is 481 g/mol. The number of likely N-dealkylation sites (tertiary alicyclic amines) is 1. The molecule has 0 aliphatic carbocycles. The maximum Gasteiger partial charge on any atom is 0.416 e. The molecule has 0 atom stereocenters. The number of ketones is 1. The summed E-state index contributed by atoms with van der Waals surface area (Å²) in [6, 6.07) is 5.46. The number of rotatable bonds is 4. The van der Waals surface area contributed by atoms with Gasteiger partial charge >= 0.3 is 17.3 Å². The fourth-order valence-corrected chi connectivity index (χ4v) is 4.27. The highest BCUT2D eigenvalue weighted by atomic mass is 35.5. The van der Waals surface area contributed by atoms with Gasteiger partial charge in [0.2, 0.25) is 0 Å². The molecule has 4 rings (SSSR count). The molecule has 174 valence electrons. The molecule has 1 aliphatic rings. The Hall–Kier alpha value is -2.98. The van der Waals surface area contributed by atoms with Crippen molar-refractivity contribution in [2.75, 3.05) is 19.6 Å². The normalized spacial score (nSPS) is 15.8. The zero-order valence-corrected chi connectivity index (χ0v) is 18.4. The molecule has 0 amide bonds. The van der Waals surface area contributed by atoms with Crippen molar-refractivity contribution in [2.24, 2.45) is 7.05 Å². The molecular formula is C22H20ClF3N4O3. The first-order chi connectivity index (χ1) is 15.6. The van der Waals surface area contributed by atoms with Crippen LogP contribution in [0.25, 0.3) is 11.2 Å². The maximum absolute atomic E-state index is 12.7. The standard InChI is InChI=1S/C22H20ClF3N4O3/c1-28-17-10-15(23)11-27-19(17)30(21(33)20(28)32)16-6-8-29(9-7-16)12-18(31)13-2-4-14(5-3-13)22(24,25)26/h2-5,10-11,16H,6-9,12H2,1H3. The summed E-state index contributed by atoms with van der Waals surface area (Å²) in [7, 11) is 1.49. The minimum absolute atomic E-state index is 0.0537. The first kappa shape index (κ1) is 23.2. The van der Waals surface area contributed by atoms with Crippen molar-refractivity contribution in [3.05, 3.63) is 73.4 Å². The Bertz CT molecular complexity index is 1320. The van der Waals surface area contributed by atoms with Gasteiger partial charge in [0.05, 0.1) is 22.6 Å². The average Bonchev–Trinajstić information content (AvgIpc) is 2.78. The number of hydrogen-bond donors (Lipinski definition) is 0.